The van der Waals surface area contributed by atoms with Gasteiger partial charge in [-0.1, -0.05) is 34.5 Å². The highest BCUT2D eigenvalue weighted by molar-refractivity contribution is 9.10. The third-order valence-corrected chi connectivity index (χ3v) is 6.18. The third kappa shape index (κ3) is 5.11. The molecular weight excluding hydrogens is 454 g/mol. The highest BCUT2D eigenvalue weighted by Crippen LogP contribution is 2.44. The first-order valence-electron chi connectivity index (χ1n) is 9.45. The first-order valence-corrected chi connectivity index (χ1v) is 10.6. The lowest BCUT2D eigenvalue weighted by Crippen LogP contribution is -2.45. The number of hydrogen-bond acceptors (Lipinski definition) is 4. The summed E-state index contributed by atoms with van der Waals surface area (Å²) in [6.45, 7) is 6.58. The summed E-state index contributed by atoms with van der Waals surface area (Å²) in [7, 11) is 2.10. The topological polar surface area (TPSA) is 53.9 Å². The van der Waals surface area contributed by atoms with Crippen LogP contribution < -0.4 is 15.1 Å². The number of carbonyl (C=O) groups is 1. The van der Waals surface area contributed by atoms with E-state index in [1.165, 1.54) is 5.56 Å². The molecule has 29 heavy (non-hydrogen) atoms. The van der Waals surface area contributed by atoms with Gasteiger partial charge in [0.15, 0.2) is 6.61 Å². The first kappa shape index (κ1) is 21.7. The van der Waals surface area contributed by atoms with E-state index >= 15 is 0 Å². The van der Waals surface area contributed by atoms with Crippen molar-refractivity contribution < 1.29 is 9.53 Å². The van der Waals surface area contributed by atoms with Crippen molar-refractivity contribution >= 4 is 45.3 Å². The molecule has 0 fully saturated rings. The van der Waals surface area contributed by atoms with Gasteiger partial charge < -0.3 is 9.64 Å². The van der Waals surface area contributed by atoms with Crippen LogP contribution in [0.2, 0.25) is 5.02 Å². The summed E-state index contributed by atoms with van der Waals surface area (Å²) in [4.78, 5) is 14.2. The summed E-state index contributed by atoms with van der Waals surface area (Å²) >= 11 is 9.83. The lowest BCUT2D eigenvalue weighted by atomic mass is 9.80. The molecule has 0 radical (unpaired) electrons. The van der Waals surface area contributed by atoms with E-state index in [9.17, 15) is 4.79 Å². The molecular formula is C22H25BrClN3O2. The number of nitrogens with zero attached hydrogens (tertiary/aromatic N) is 2. The van der Waals surface area contributed by atoms with Crippen LogP contribution in [0.25, 0.3) is 0 Å². The van der Waals surface area contributed by atoms with Crippen LogP contribution in [0.3, 0.4) is 0 Å². The zero-order valence-electron chi connectivity index (χ0n) is 17.0. The molecule has 1 amide bonds. The summed E-state index contributed by atoms with van der Waals surface area (Å²) in [5.74, 6) is 0.689. The highest BCUT2D eigenvalue weighted by atomic mass is 79.9. The van der Waals surface area contributed by atoms with Gasteiger partial charge in [-0.25, -0.2) is 5.43 Å². The van der Waals surface area contributed by atoms with Gasteiger partial charge in [0.2, 0.25) is 0 Å². The second kappa shape index (κ2) is 8.76. The Bertz CT molecular complexity index is 928. The molecule has 0 saturated heterocycles. The lowest BCUT2D eigenvalue weighted by molar-refractivity contribution is -0.123. The van der Waals surface area contributed by atoms with Crippen LogP contribution in [0.1, 0.15) is 44.2 Å². The summed E-state index contributed by atoms with van der Waals surface area (Å²) in [5, 5.41) is 4.64. The fourth-order valence-corrected chi connectivity index (χ4v) is 4.06. The van der Waals surface area contributed by atoms with Crippen LogP contribution in [0.15, 0.2) is 46.0 Å². The van der Waals surface area contributed by atoms with Gasteiger partial charge in [0, 0.05) is 28.3 Å². The monoisotopic (exact) mass is 477 g/mol. The predicted molar refractivity (Wildman–Crippen MR) is 122 cm³/mol. The number of benzene rings is 2. The summed E-state index contributed by atoms with van der Waals surface area (Å²) in [6, 6.07) is 11.3. The molecule has 0 unspecified atom stereocenters. The summed E-state index contributed by atoms with van der Waals surface area (Å²) in [6.07, 6.45) is 2.63. The molecule has 5 nitrogen and oxygen atoms in total. The smallest absolute Gasteiger partial charge is 0.277 e. The number of anilines is 1. The number of hydrogen-bond donors (Lipinski definition) is 1. The Morgan fingerprint density at radius 3 is 2.76 bits per heavy atom. The van der Waals surface area contributed by atoms with Crippen molar-refractivity contribution in [2.75, 3.05) is 18.6 Å². The minimum absolute atomic E-state index is 0.0775. The third-order valence-electron chi connectivity index (χ3n) is 5.33. The van der Waals surface area contributed by atoms with Crippen LogP contribution in [-0.4, -0.2) is 31.3 Å². The van der Waals surface area contributed by atoms with E-state index in [1.807, 2.05) is 18.2 Å². The van der Waals surface area contributed by atoms with Crippen molar-refractivity contribution in [3.05, 3.63) is 57.0 Å². The van der Waals surface area contributed by atoms with Crippen LogP contribution in [0, 0.1) is 0 Å². The summed E-state index contributed by atoms with van der Waals surface area (Å²) < 4.78 is 6.38. The van der Waals surface area contributed by atoms with Gasteiger partial charge >= 0.3 is 0 Å². The van der Waals surface area contributed by atoms with Gasteiger partial charge in [-0.2, -0.15) is 5.10 Å². The van der Waals surface area contributed by atoms with Crippen LogP contribution >= 0.6 is 27.5 Å². The molecule has 0 saturated carbocycles. The molecule has 2 aromatic carbocycles. The van der Waals surface area contributed by atoms with Crippen LogP contribution in [0.5, 0.6) is 5.75 Å². The van der Waals surface area contributed by atoms with Gasteiger partial charge in [-0.15, -0.1) is 0 Å². The first-order chi connectivity index (χ1) is 13.7. The quantitative estimate of drug-likeness (QED) is 0.465. The molecule has 0 aliphatic carbocycles. The van der Waals surface area contributed by atoms with Gasteiger partial charge in [0.1, 0.15) is 5.75 Å². The Morgan fingerprint density at radius 1 is 1.38 bits per heavy atom. The summed E-state index contributed by atoms with van der Waals surface area (Å²) in [5.41, 5.74) is 5.72. The molecule has 2 aromatic rings. The van der Waals surface area contributed by atoms with Crippen molar-refractivity contribution in [2.24, 2.45) is 5.10 Å². The van der Waals surface area contributed by atoms with Gasteiger partial charge in [0.05, 0.1) is 11.2 Å². The van der Waals surface area contributed by atoms with Gasteiger partial charge in [-0.05, 0) is 68.1 Å². The predicted octanol–water partition coefficient (Wildman–Crippen LogP) is 5.35. The number of halogens is 2. The van der Waals surface area contributed by atoms with E-state index in [0.29, 0.717) is 16.7 Å². The number of ether oxygens (including phenoxy) is 1. The van der Waals surface area contributed by atoms with E-state index < -0.39 is 0 Å². The molecule has 1 aliphatic heterocycles. The molecule has 1 atom stereocenters. The average Bonchev–Trinajstić information content (AvgIpc) is 2.66. The Balaban J connectivity index is 1.64. The SMILES string of the molecule is C[C@H]1CC(C)(C)N(C)c2cc(Cl)c(/C=N\NC(=O)COc3ccc(Br)cc3)cc21. The normalized spacial score (nSPS) is 17.9. The Labute approximate surface area is 185 Å². The molecule has 7 heteroatoms. The van der Waals surface area contributed by atoms with E-state index in [-0.39, 0.29) is 18.1 Å². The van der Waals surface area contributed by atoms with Crippen molar-refractivity contribution in [3.63, 3.8) is 0 Å². The van der Waals surface area contributed by atoms with Crippen molar-refractivity contribution in [1.82, 2.24) is 5.43 Å². The Kier molecular flexibility index (Phi) is 6.54. The maximum absolute atomic E-state index is 12.0. The lowest BCUT2D eigenvalue weighted by Gasteiger charge is -2.45. The average molecular weight is 479 g/mol. The number of carbonyl (C=O) groups excluding carboxylic acids is 1. The van der Waals surface area contributed by atoms with Crippen molar-refractivity contribution in [2.45, 2.75) is 38.6 Å². The molecule has 1 aliphatic rings. The fourth-order valence-electron chi connectivity index (χ4n) is 3.59. The van der Waals surface area contributed by atoms with Crippen molar-refractivity contribution in [3.8, 4) is 5.75 Å². The maximum atomic E-state index is 12.0. The zero-order valence-corrected chi connectivity index (χ0v) is 19.3. The molecule has 0 bridgehead atoms. The minimum atomic E-state index is -0.340. The Hall–Kier alpha value is -2.05. The number of nitrogens with one attached hydrogen (secondary N) is 1. The maximum Gasteiger partial charge on any atom is 0.277 e. The number of amides is 1. The van der Waals surface area contributed by atoms with Crippen LogP contribution in [-0.2, 0) is 4.79 Å². The molecule has 1 heterocycles. The molecule has 0 spiro atoms. The second-order valence-corrected chi connectivity index (χ2v) is 9.27. The van der Waals surface area contributed by atoms with Gasteiger partial charge in [0.25, 0.3) is 5.91 Å². The molecule has 1 N–H and O–H groups in total. The van der Waals surface area contributed by atoms with E-state index in [0.717, 1.165) is 22.1 Å². The molecule has 154 valence electrons. The van der Waals surface area contributed by atoms with Gasteiger partial charge in [-0.3, -0.25) is 4.79 Å². The van der Waals surface area contributed by atoms with E-state index in [4.69, 9.17) is 16.3 Å². The zero-order chi connectivity index (χ0) is 21.2. The van der Waals surface area contributed by atoms with Crippen molar-refractivity contribution in [1.29, 1.82) is 0 Å². The second-order valence-electron chi connectivity index (χ2n) is 7.94. The molecule has 0 aromatic heterocycles. The highest BCUT2D eigenvalue weighted by Gasteiger charge is 2.34. The van der Waals surface area contributed by atoms with E-state index in [1.54, 1.807) is 18.3 Å². The number of rotatable bonds is 5. The molecule has 3 rings (SSSR count). The Morgan fingerprint density at radius 2 is 2.07 bits per heavy atom. The minimum Gasteiger partial charge on any atom is -0.484 e. The van der Waals surface area contributed by atoms with E-state index in [2.05, 4.69) is 65.2 Å². The number of fused-ring (bicyclic) bond motifs is 1. The fraction of sp³-hybridized carbons (Fsp3) is 0.364. The largest absolute Gasteiger partial charge is 0.484 e. The standard InChI is InChI=1S/C22H25BrClN3O2/c1-14-11-22(2,3)27(4)20-10-19(24)15(9-18(14)20)12-25-26-21(28)13-29-17-7-5-16(23)6-8-17/h5-10,12,14H,11,13H2,1-4H3,(H,26,28)/b25-12-/t14-/m0/s1. The van der Waals surface area contributed by atoms with Crippen LogP contribution in [0.4, 0.5) is 5.69 Å². The number of hydrazone groups is 1.